The smallest absolute Gasteiger partial charge is 0.200 e. The lowest BCUT2D eigenvalue weighted by Gasteiger charge is -2.12. The van der Waals surface area contributed by atoms with Crippen molar-refractivity contribution in [1.29, 1.82) is 0 Å². The zero-order valence-corrected chi connectivity index (χ0v) is 11.1. The van der Waals surface area contributed by atoms with Gasteiger partial charge in [0.2, 0.25) is 5.82 Å². The van der Waals surface area contributed by atoms with Gasteiger partial charge in [0, 0.05) is 6.54 Å². The van der Waals surface area contributed by atoms with Crippen LogP contribution in [0.25, 0.3) is 0 Å². The molecule has 21 heavy (non-hydrogen) atoms. The van der Waals surface area contributed by atoms with Gasteiger partial charge in [-0.25, -0.2) is 26.6 Å². The summed E-state index contributed by atoms with van der Waals surface area (Å²) in [4.78, 5) is 0. The number of nitrogens with one attached hydrogen (secondary N) is 1. The highest BCUT2D eigenvalue weighted by Gasteiger charge is 2.27. The van der Waals surface area contributed by atoms with E-state index in [1.807, 2.05) is 0 Å². The molecule has 0 radical (unpaired) electrons. The number of aromatic nitrogens is 2. The van der Waals surface area contributed by atoms with E-state index in [0.29, 0.717) is 5.69 Å². The minimum absolute atomic E-state index is 0.0433. The van der Waals surface area contributed by atoms with Crippen LogP contribution in [0, 0.1) is 36.0 Å². The predicted octanol–water partition coefficient (Wildman–Crippen LogP) is 3.23. The molecule has 0 atom stereocenters. The summed E-state index contributed by atoms with van der Waals surface area (Å²) in [5, 5.41) is 6.11. The molecule has 0 unspecified atom stereocenters. The van der Waals surface area contributed by atoms with Crippen molar-refractivity contribution in [2.45, 2.75) is 20.4 Å². The Morgan fingerprint density at radius 3 is 1.95 bits per heavy atom. The van der Waals surface area contributed by atoms with E-state index in [4.69, 9.17) is 5.73 Å². The van der Waals surface area contributed by atoms with Crippen molar-refractivity contribution in [3.8, 4) is 0 Å². The molecule has 1 aromatic carbocycles. The maximum absolute atomic E-state index is 13.6. The summed E-state index contributed by atoms with van der Waals surface area (Å²) >= 11 is 0. The van der Waals surface area contributed by atoms with E-state index in [1.165, 1.54) is 4.68 Å². The lowest BCUT2D eigenvalue weighted by atomic mass is 10.2. The van der Waals surface area contributed by atoms with Crippen molar-refractivity contribution in [2.24, 2.45) is 0 Å². The Bertz CT molecular complexity index is 681. The molecule has 0 amide bonds. The second-order valence-electron chi connectivity index (χ2n) is 4.23. The Morgan fingerprint density at radius 1 is 1.00 bits per heavy atom. The molecule has 1 heterocycles. The van der Waals surface area contributed by atoms with E-state index in [1.54, 1.807) is 13.8 Å². The van der Waals surface area contributed by atoms with Crippen LogP contribution >= 0.6 is 0 Å². The van der Waals surface area contributed by atoms with Gasteiger partial charge in [0.1, 0.15) is 5.69 Å². The standard InChI is InChI=1S/C12H11F5N4/c1-3-21-12(10(18)4(2)20-21)19-11-8(16)6(14)5(13)7(15)9(11)17/h19H,3,18H2,1-2H3. The number of hydrogen-bond acceptors (Lipinski definition) is 3. The van der Waals surface area contributed by atoms with Crippen LogP contribution < -0.4 is 11.1 Å². The van der Waals surface area contributed by atoms with Gasteiger partial charge in [-0.2, -0.15) is 5.10 Å². The predicted molar refractivity (Wildman–Crippen MR) is 66.6 cm³/mol. The Labute approximate surface area is 116 Å². The highest BCUT2D eigenvalue weighted by atomic mass is 19.2. The quantitative estimate of drug-likeness (QED) is 0.520. The van der Waals surface area contributed by atoms with E-state index in [9.17, 15) is 22.0 Å². The number of aryl methyl sites for hydroxylation is 2. The molecule has 4 nitrogen and oxygen atoms in total. The molecule has 0 aliphatic heterocycles. The van der Waals surface area contributed by atoms with Crippen LogP contribution in [0.1, 0.15) is 12.6 Å². The molecule has 0 saturated heterocycles. The first-order valence-electron chi connectivity index (χ1n) is 5.90. The van der Waals surface area contributed by atoms with E-state index >= 15 is 0 Å². The third kappa shape index (κ3) is 2.28. The normalized spacial score (nSPS) is 11.0. The fraction of sp³-hybridized carbons (Fsp3) is 0.250. The Hall–Kier alpha value is -2.32. The first-order chi connectivity index (χ1) is 9.79. The van der Waals surface area contributed by atoms with Gasteiger partial charge in [-0.1, -0.05) is 0 Å². The Morgan fingerprint density at radius 2 is 1.48 bits per heavy atom. The first kappa shape index (κ1) is 15.1. The molecule has 3 N–H and O–H groups in total. The summed E-state index contributed by atoms with van der Waals surface area (Å²) in [6.45, 7) is 3.51. The van der Waals surface area contributed by atoms with E-state index < -0.39 is 34.8 Å². The van der Waals surface area contributed by atoms with Crippen LogP contribution in [0.15, 0.2) is 0 Å². The molecule has 9 heteroatoms. The molecule has 2 aromatic rings. The average Bonchev–Trinajstić information content (AvgIpc) is 2.74. The number of nitrogens with two attached hydrogens (primary N) is 1. The molecular weight excluding hydrogens is 295 g/mol. The maximum Gasteiger partial charge on any atom is 0.200 e. The van der Waals surface area contributed by atoms with Gasteiger partial charge in [0.15, 0.2) is 29.1 Å². The average molecular weight is 306 g/mol. The summed E-state index contributed by atoms with van der Waals surface area (Å²) in [7, 11) is 0. The van der Waals surface area contributed by atoms with Gasteiger partial charge in [0.05, 0.1) is 11.4 Å². The molecule has 0 spiro atoms. The fourth-order valence-electron chi connectivity index (χ4n) is 1.79. The fourth-order valence-corrected chi connectivity index (χ4v) is 1.79. The number of halogens is 5. The van der Waals surface area contributed by atoms with Crippen molar-refractivity contribution in [1.82, 2.24) is 9.78 Å². The minimum Gasteiger partial charge on any atom is -0.394 e. The first-order valence-corrected chi connectivity index (χ1v) is 5.90. The monoisotopic (exact) mass is 306 g/mol. The second-order valence-corrected chi connectivity index (χ2v) is 4.23. The SMILES string of the molecule is CCn1nc(C)c(N)c1Nc1c(F)c(F)c(F)c(F)c1F. The lowest BCUT2D eigenvalue weighted by Crippen LogP contribution is -2.10. The van der Waals surface area contributed by atoms with Gasteiger partial charge in [-0.3, -0.25) is 0 Å². The van der Waals surface area contributed by atoms with Crippen molar-refractivity contribution in [3.63, 3.8) is 0 Å². The number of nitrogen functional groups attached to an aromatic ring is 1. The zero-order chi connectivity index (χ0) is 15.9. The van der Waals surface area contributed by atoms with E-state index in [-0.39, 0.29) is 18.1 Å². The van der Waals surface area contributed by atoms with E-state index in [2.05, 4.69) is 10.4 Å². The molecule has 114 valence electrons. The lowest BCUT2D eigenvalue weighted by molar-refractivity contribution is 0.382. The van der Waals surface area contributed by atoms with Crippen LogP contribution in [0.4, 0.5) is 39.1 Å². The summed E-state index contributed by atoms with van der Waals surface area (Å²) in [5.41, 5.74) is 4.93. The molecule has 0 aliphatic rings. The van der Waals surface area contributed by atoms with Crippen LogP contribution in [0.5, 0.6) is 0 Å². The molecular formula is C12H11F5N4. The number of rotatable bonds is 3. The van der Waals surface area contributed by atoms with Crippen LogP contribution in [0.3, 0.4) is 0 Å². The van der Waals surface area contributed by atoms with Gasteiger partial charge < -0.3 is 11.1 Å². The molecule has 0 saturated carbocycles. The summed E-state index contributed by atoms with van der Waals surface area (Å²) in [6, 6.07) is 0. The largest absolute Gasteiger partial charge is 0.394 e. The third-order valence-electron chi connectivity index (χ3n) is 2.93. The van der Waals surface area contributed by atoms with Crippen molar-refractivity contribution in [3.05, 3.63) is 34.8 Å². The molecule has 0 bridgehead atoms. The van der Waals surface area contributed by atoms with Crippen LogP contribution in [0.2, 0.25) is 0 Å². The molecule has 1 aromatic heterocycles. The van der Waals surface area contributed by atoms with Gasteiger partial charge in [-0.15, -0.1) is 0 Å². The second kappa shape index (κ2) is 5.23. The van der Waals surface area contributed by atoms with E-state index in [0.717, 1.165) is 0 Å². The minimum atomic E-state index is -2.22. The number of benzene rings is 1. The zero-order valence-electron chi connectivity index (χ0n) is 11.1. The summed E-state index contributed by atoms with van der Waals surface area (Å²) in [5.74, 6) is -10.3. The van der Waals surface area contributed by atoms with Crippen LogP contribution in [-0.4, -0.2) is 9.78 Å². The molecule has 0 fully saturated rings. The molecule has 2 rings (SSSR count). The number of nitrogens with zero attached hydrogens (tertiary/aromatic N) is 2. The van der Waals surface area contributed by atoms with Gasteiger partial charge in [-0.05, 0) is 13.8 Å². The topological polar surface area (TPSA) is 55.9 Å². The molecule has 0 aliphatic carbocycles. The summed E-state index contributed by atoms with van der Waals surface area (Å²) < 4.78 is 67.7. The van der Waals surface area contributed by atoms with Crippen LogP contribution in [-0.2, 0) is 6.54 Å². The number of hydrogen-bond donors (Lipinski definition) is 2. The number of anilines is 3. The van der Waals surface area contributed by atoms with Gasteiger partial charge >= 0.3 is 0 Å². The Kier molecular flexibility index (Phi) is 3.75. The van der Waals surface area contributed by atoms with Gasteiger partial charge in [0.25, 0.3) is 0 Å². The third-order valence-corrected chi connectivity index (χ3v) is 2.93. The maximum atomic E-state index is 13.6. The van der Waals surface area contributed by atoms with Crippen molar-refractivity contribution >= 4 is 17.2 Å². The Balaban J connectivity index is 2.60. The highest BCUT2D eigenvalue weighted by molar-refractivity contribution is 5.71. The summed E-state index contributed by atoms with van der Waals surface area (Å²) in [6.07, 6.45) is 0. The van der Waals surface area contributed by atoms with Crippen molar-refractivity contribution in [2.75, 3.05) is 11.1 Å². The van der Waals surface area contributed by atoms with Crippen molar-refractivity contribution < 1.29 is 22.0 Å². The highest BCUT2D eigenvalue weighted by Crippen LogP contribution is 2.32.